The van der Waals surface area contributed by atoms with Gasteiger partial charge in [0.2, 0.25) is 0 Å². The van der Waals surface area contributed by atoms with Crippen molar-refractivity contribution in [3.05, 3.63) is 17.5 Å². The van der Waals surface area contributed by atoms with Crippen molar-refractivity contribution < 1.29 is 17.7 Å². The lowest BCUT2D eigenvalue weighted by Crippen LogP contribution is -2.41. The van der Waals surface area contributed by atoms with Gasteiger partial charge in [0.05, 0.1) is 18.8 Å². The van der Waals surface area contributed by atoms with E-state index in [1.54, 1.807) is 14.0 Å². The summed E-state index contributed by atoms with van der Waals surface area (Å²) in [7, 11) is 1.72. The zero-order chi connectivity index (χ0) is 21.4. The normalized spacial score (nSPS) is 18.3. The van der Waals surface area contributed by atoms with Crippen LogP contribution in [-0.4, -0.2) is 66.9 Å². The molecule has 1 saturated heterocycles. The molecule has 2 heterocycles. The molecule has 0 saturated carbocycles. The zero-order valence-electron chi connectivity index (χ0n) is 17.9. The topological polar surface area (TPSA) is 56.9 Å². The summed E-state index contributed by atoms with van der Waals surface area (Å²) in [5.74, 6) is 2.10. The fraction of sp³-hybridized carbons (Fsp3) is 0.800. The lowest BCUT2D eigenvalue weighted by molar-refractivity contribution is -0.146. The van der Waals surface area contributed by atoms with Crippen LogP contribution < -0.4 is 5.32 Å². The minimum Gasteiger partial charge on any atom is -0.359 e. The number of aliphatic imine (C=N–C) groups is 1. The van der Waals surface area contributed by atoms with Gasteiger partial charge in [0, 0.05) is 38.7 Å². The lowest BCUT2D eigenvalue weighted by atomic mass is 9.99. The number of halogens is 3. The number of nitrogens with one attached hydrogen (secondary N) is 1. The van der Waals surface area contributed by atoms with Crippen LogP contribution in [0.4, 0.5) is 13.2 Å². The molecule has 9 heteroatoms. The molecule has 1 aliphatic rings. The van der Waals surface area contributed by atoms with Crippen LogP contribution in [0.2, 0.25) is 0 Å². The highest BCUT2D eigenvalue weighted by atomic mass is 19.4. The minimum atomic E-state index is -4.16. The van der Waals surface area contributed by atoms with Crippen LogP contribution in [0.3, 0.4) is 0 Å². The van der Waals surface area contributed by atoms with E-state index >= 15 is 0 Å². The second-order valence-electron chi connectivity index (χ2n) is 7.68. The highest BCUT2D eigenvalue weighted by Crippen LogP contribution is 2.23. The van der Waals surface area contributed by atoms with Gasteiger partial charge < -0.3 is 14.7 Å². The van der Waals surface area contributed by atoms with Crippen molar-refractivity contribution in [3.8, 4) is 0 Å². The second-order valence-corrected chi connectivity index (χ2v) is 7.68. The van der Waals surface area contributed by atoms with Crippen molar-refractivity contribution in [2.45, 2.75) is 58.7 Å². The van der Waals surface area contributed by atoms with Gasteiger partial charge in [0.15, 0.2) is 11.7 Å². The van der Waals surface area contributed by atoms with Gasteiger partial charge in [-0.3, -0.25) is 9.89 Å². The molecule has 0 aliphatic carbocycles. The number of hydrogen-bond acceptors (Lipinski definition) is 4. The molecule has 0 aromatic carbocycles. The number of hydrogen-bond donors (Lipinski definition) is 1. The number of guanidine groups is 1. The SMILES string of the molecule is CCC(CC)c1cc(CNC(=NC)N2CCC(CN(CC)CC(F)(F)F)C2)on1. The van der Waals surface area contributed by atoms with Gasteiger partial charge in [0.25, 0.3) is 0 Å². The van der Waals surface area contributed by atoms with Crippen molar-refractivity contribution in [1.82, 2.24) is 20.3 Å². The Hall–Kier alpha value is -1.77. The van der Waals surface area contributed by atoms with E-state index in [0.717, 1.165) is 43.2 Å². The molecule has 1 atom stereocenters. The number of aromatic nitrogens is 1. The van der Waals surface area contributed by atoms with Crippen LogP contribution in [0.5, 0.6) is 0 Å². The predicted molar refractivity (Wildman–Crippen MR) is 108 cm³/mol. The Kier molecular flexibility index (Phi) is 8.79. The van der Waals surface area contributed by atoms with Crippen LogP contribution in [-0.2, 0) is 6.54 Å². The van der Waals surface area contributed by atoms with Crippen molar-refractivity contribution in [2.75, 3.05) is 39.8 Å². The third kappa shape index (κ3) is 7.21. The summed E-state index contributed by atoms with van der Waals surface area (Å²) in [6, 6.07) is 1.99. The van der Waals surface area contributed by atoms with E-state index in [4.69, 9.17) is 4.52 Å². The number of likely N-dealkylation sites (tertiary alicyclic amines) is 1. The lowest BCUT2D eigenvalue weighted by Gasteiger charge is -2.26. The highest BCUT2D eigenvalue weighted by molar-refractivity contribution is 5.80. The molecular weight excluding hydrogens is 383 g/mol. The molecular formula is C20H34F3N5O. The molecule has 1 aliphatic heterocycles. The first kappa shape index (κ1) is 23.5. The Labute approximate surface area is 171 Å². The molecule has 2 rings (SSSR count). The quantitative estimate of drug-likeness (QED) is 0.488. The molecule has 1 fully saturated rings. The van der Waals surface area contributed by atoms with Gasteiger partial charge in [0.1, 0.15) is 0 Å². The number of alkyl halides is 3. The molecule has 166 valence electrons. The predicted octanol–water partition coefficient (Wildman–Crippen LogP) is 3.86. The Morgan fingerprint density at radius 1 is 1.38 bits per heavy atom. The molecule has 1 aromatic heterocycles. The largest absolute Gasteiger partial charge is 0.401 e. The monoisotopic (exact) mass is 417 g/mol. The maximum absolute atomic E-state index is 12.7. The van der Waals surface area contributed by atoms with E-state index in [2.05, 4.69) is 34.2 Å². The van der Waals surface area contributed by atoms with E-state index in [1.807, 2.05) is 6.07 Å². The second kappa shape index (κ2) is 10.8. The summed E-state index contributed by atoms with van der Waals surface area (Å²) in [6.07, 6.45) is -1.25. The van der Waals surface area contributed by atoms with Gasteiger partial charge in [-0.25, -0.2) is 0 Å². The highest BCUT2D eigenvalue weighted by Gasteiger charge is 2.33. The van der Waals surface area contributed by atoms with E-state index in [-0.39, 0.29) is 5.92 Å². The summed E-state index contributed by atoms with van der Waals surface area (Å²) in [5.41, 5.74) is 0.979. The first-order valence-electron chi connectivity index (χ1n) is 10.5. The first-order valence-corrected chi connectivity index (χ1v) is 10.5. The fourth-order valence-electron chi connectivity index (χ4n) is 3.91. The van der Waals surface area contributed by atoms with Crippen molar-refractivity contribution in [3.63, 3.8) is 0 Å². The Morgan fingerprint density at radius 3 is 2.69 bits per heavy atom. The first-order chi connectivity index (χ1) is 13.8. The summed E-state index contributed by atoms with van der Waals surface area (Å²) in [4.78, 5) is 7.90. The fourth-order valence-corrected chi connectivity index (χ4v) is 3.91. The smallest absolute Gasteiger partial charge is 0.359 e. The van der Waals surface area contributed by atoms with E-state index in [9.17, 15) is 13.2 Å². The molecule has 1 aromatic rings. The van der Waals surface area contributed by atoms with Crippen molar-refractivity contribution >= 4 is 5.96 Å². The standard InChI is InChI=1S/C20H34F3N5O/c1-5-16(6-2)18-10-17(29-26-18)11-25-19(24-4)28-9-8-15(13-28)12-27(7-3)14-20(21,22)23/h10,15-16H,5-9,11-14H2,1-4H3,(H,24,25). The summed E-state index contributed by atoms with van der Waals surface area (Å²) in [5, 5.41) is 7.47. The maximum Gasteiger partial charge on any atom is 0.401 e. The molecule has 0 bridgehead atoms. The molecule has 6 nitrogen and oxygen atoms in total. The third-order valence-corrected chi connectivity index (χ3v) is 5.57. The molecule has 0 amide bonds. The average Bonchev–Trinajstić information content (AvgIpc) is 3.32. The van der Waals surface area contributed by atoms with Crippen LogP contribution in [0.25, 0.3) is 0 Å². The Morgan fingerprint density at radius 2 is 2.10 bits per heavy atom. The van der Waals surface area contributed by atoms with Crippen LogP contribution in [0.1, 0.15) is 57.4 Å². The molecule has 1 unspecified atom stereocenters. The van der Waals surface area contributed by atoms with Gasteiger partial charge in [-0.15, -0.1) is 0 Å². The van der Waals surface area contributed by atoms with Crippen LogP contribution in [0.15, 0.2) is 15.6 Å². The van der Waals surface area contributed by atoms with Crippen LogP contribution >= 0.6 is 0 Å². The summed E-state index contributed by atoms with van der Waals surface area (Å²) >= 11 is 0. The Bertz CT molecular complexity index is 642. The van der Waals surface area contributed by atoms with E-state index in [1.165, 1.54) is 4.90 Å². The molecule has 0 radical (unpaired) electrons. The van der Waals surface area contributed by atoms with Crippen molar-refractivity contribution in [2.24, 2.45) is 10.9 Å². The number of rotatable bonds is 9. The van der Waals surface area contributed by atoms with Crippen molar-refractivity contribution in [1.29, 1.82) is 0 Å². The van der Waals surface area contributed by atoms with Gasteiger partial charge in [-0.1, -0.05) is 25.9 Å². The minimum absolute atomic E-state index is 0.197. The maximum atomic E-state index is 12.7. The average molecular weight is 418 g/mol. The van der Waals surface area contributed by atoms with Gasteiger partial charge in [-0.05, 0) is 31.7 Å². The number of nitrogens with zero attached hydrogens (tertiary/aromatic N) is 4. The molecule has 1 N–H and O–H groups in total. The van der Waals surface area contributed by atoms with Gasteiger partial charge >= 0.3 is 6.18 Å². The summed E-state index contributed by atoms with van der Waals surface area (Å²) in [6.45, 7) is 8.01. The van der Waals surface area contributed by atoms with Crippen LogP contribution in [0, 0.1) is 5.92 Å². The molecule has 0 spiro atoms. The van der Waals surface area contributed by atoms with Gasteiger partial charge in [-0.2, -0.15) is 13.2 Å². The van der Waals surface area contributed by atoms with E-state index in [0.29, 0.717) is 32.1 Å². The zero-order valence-corrected chi connectivity index (χ0v) is 17.9. The Balaban J connectivity index is 1.85. The molecule has 29 heavy (non-hydrogen) atoms. The third-order valence-electron chi connectivity index (χ3n) is 5.57. The van der Waals surface area contributed by atoms with E-state index < -0.39 is 12.7 Å². The summed E-state index contributed by atoms with van der Waals surface area (Å²) < 4.78 is 43.5.